The number of aryl methyl sites for hydroxylation is 1. The fraction of sp³-hybridized carbons (Fsp3) is 0.0833. The Kier molecular flexibility index (Phi) is 3.52. The lowest BCUT2D eigenvalue weighted by molar-refractivity contribution is 0.103. The number of carbonyl (C=O) groups is 1. The van der Waals surface area contributed by atoms with Gasteiger partial charge in [0.05, 0.1) is 9.90 Å². The molecule has 0 bridgehead atoms. The molecule has 0 radical (unpaired) electrons. The number of carbonyl (C=O) groups excluding carboxylic acids is 1. The van der Waals surface area contributed by atoms with Gasteiger partial charge in [-0.3, -0.25) is 4.79 Å². The molecule has 0 N–H and O–H groups in total. The van der Waals surface area contributed by atoms with Crippen LogP contribution in [0.2, 0.25) is 8.67 Å². The Morgan fingerprint density at radius 2 is 2.00 bits per heavy atom. The minimum Gasteiger partial charge on any atom is -0.289 e. The van der Waals surface area contributed by atoms with E-state index in [2.05, 4.69) is 0 Å². The van der Waals surface area contributed by atoms with Crippen molar-refractivity contribution in [2.24, 2.45) is 0 Å². The maximum Gasteiger partial charge on any atom is 0.195 e. The topological polar surface area (TPSA) is 17.1 Å². The van der Waals surface area contributed by atoms with Crippen molar-refractivity contribution in [3.05, 3.63) is 55.4 Å². The third kappa shape index (κ3) is 2.51. The van der Waals surface area contributed by atoms with Crippen LogP contribution in [0.15, 0.2) is 24.3 Å². The molecule has 1 aromatic carbocycles. The van der Waals surface area contributed by atoms with Crippen LogP contribution in [-0.2, 0) is 0 Å². The van der Waals surface area contributed by atoms with Gasteiger partial charge in [-0.25, -0.2) is 4.39 Å². The van der Waals surface area contributed by atoms with Crippen LogP contribution in [0.3, 0.4) is 0 Å². The maximum atomic E-state index is 13.4. The molecule has 1 nitrogen and oxygen atoms in total. The minimum absolute atomic E-state index is 0.268. The summed E-state index contributed by atoms with van der Waals surface area (Å²) in [6, 6.07) is 5.83. The number of benzene rings is 1. The van der Waals surface area contributed by atoms with Crippen molar-refractivity contribution in [2.45, 2.75) is 6.92 Å². The van der Waals surface area contributed by atoms with Crippen molar-refractivity contribution < 1.29 is 9.18 Å². The fourth-order valence-corrected chi connectivity index (χ4v) is 2.84. The minimum atomic E-state index is -0.409. The van der Waals surface area contributed by atoms with Gasteiger partial charge in [0.15, 0.2) is 5.78 Å². The van der Waals surface area contributed by atoms with Crippen LogP contribution in [0.25, 0.3) is 0 Å². The quantitative estimate of drug-likeness (QED) is 0.730. The Labute approximate surface area is 112 Å². The van der Waals surface area contributed by atoms with Crippen molar-refractivity contribution in [3.8, 4) is 0 Å². The summed E-state index contributed by atoms with van der Waals surface area (Å²) >= 11 is 12.8. The molecule has 1 heterocycles. The predicted molar refractivity (Wildman–Crippen MR) is 68.9 cm³/mol. The third-order valence-electron chi connectivity index (χ3n) is 2.34. The smallest absolute Gasteiger partial charge is 0.195 e. The van der Waals surface area contributed by atoms with Crippen LogP contribution in [0.1, 0.15) is 21.5 Å². The van der Waals surface area contributed by atoms with Crippen LogP contribution in [0.4, 0.5) is 4.39 Å². The Morgan fingerprint density at radius 1 is 1.29 bits per heavy atom. The molecule has 0 amide bonds. The predicted octanol–water partition coefficient (Wildman–Crippen LogP) is 4.73. The van der Waals surface area contributed by atoms with Gasteiger partial charge in [-0.15, -0.1) is 11.3 Å². The molecule has 0 aliphatic carbocycles. The Balaban J connectivity index is 2.44. The van der Waals surface area contributed by atoms with Gasteiger partial charge in [-0.2, -0.15) is 0 Å². The van der Waals surface area contributed by atoms with E-state index in [1.54, 1.807) is 19.1 Å². The van der Waals surface area contributed by atoms with Crippen LogP contribution in [0.5, 0.6) is 0 Å². The number of thiophene rings is 1. The molecule has 0 spiro atoms. The van der Waals surface area contributed by atoms with E-state index in [0.29, 0.717) is 19.8 Å². The zero-order valence-corrected chi connectivity index (χ0v) is 11.1. The van der Waals surface area contributed by atoms with Gasteiger partial charge >= 0.3 is 0 Å². The number of hydrogen-bond donors (Lipinski definition) is 0. The monoisotopic (exact) mass is 288 g/mol. The van der Waals surface area contributed by atoms with E-state index in [-0.39, 0.29) is 11.3 Å². The van der Waals surface area contributed by atoms with Crippen LogP contribution >= 0.6 is 34.5 Å². The van der Waals surface area contributed by atoms with E-state index < -0.39 is 5.82 Å². The van der Waals surface area contributed by atoms with E-state index in [4.69, 9.17) is 23.2 Å². The standard InChI is InChI=1S/C12H7Cl2FOS/c1-6-2-3-7(4-9(6)15)11(16)8-5-10(13)17-12(8)14/h2-5H,1H3. The highest BCUT2D eigenvalue weighted by Crippen LogP contribution is 2.32. The van der Waals surface area contributed by atoms with Gasteiger partial charge in [0.2, 0.25) is 0 Å². The Morgan fingerprint density at radius 3 is 2.53 bits per heavy atom. The zero-order valence-electron chi connectivity index (χ0n) is 8.76. The summed E-state index contributed by atoms with van der Waals surface area (Å²) in [7, 11) is 0. The molecule has 0 fully saturated rings. The van der Waals surface area contributed by atoms with Crippen LogP contribution in [-0.4, -0.2) is 5.78 Å². The van der Waals surface area contributed by atoms with E-state index in [1.165, 1.54) is 12.1 Å². The molecule has 17 heavy (non-hydrogen) atoms. The van der Waals surface area contributed by atoms with Gasteiger partial charge in [-0.05, 0) is 24.6 Å². The first-order valence-electron chi connectivity index (χ1n) is 4.74. The lowest BCUT2D eigenvalue weighted by Gasteiger charge is -2.01. The number of halogens is 3. The molecule has 0 aliphatic heterocycles. The van der Waals surface area contributed by atoms with Crippen LogP contribution < -0.4 is 0 Å². The zero-order chi connectivity index (χ0) is 12.6. The van der Waals surface area contributed by atoms with Crippen molar-refractivity contribution in [2.75, 3.05) is 0 Å². The van der Waals surface area contributed by atoms with E-state index in [1.807, 2.05) is 0 Å². The van der Waals surface area contributed by atoms with Crippen molar-refractivity contribution in [3.63, 3.8) is 0 Å². The van der Waals surface area contributed by atoms with Crippen molar-refractivity contribution >= 4 is 40.3 Å². The second-order valence-corrected chi connectivity index (χ2v) is 5.82. The first-order chi connectivity index (χ1) is 7.99. The summed E-state index contributed by atoms with van der Waals surface area (Å²) in [5.74, 6) is -0.731. The highest BCUT2D eigenvalue weighted by molar-refractivity contribution is 7.20. The number of ketones is 1. The van der Waals surface area contributed by atoms with Crippen LogP contribution in [0, 0.1) is 12.7 Å². The normalized spacial score (nSPS) is 10.6. The highest BCUT2D eigenvalue weighted by Gasteiger charge is 2.16. The first-order valence-corrected chi connectivity index (χ1v) is 6.32. The molecule has 0 saturated heterocycles. The Hall–Kier alpha value is -0.900. The molecule has 2 aromatic rings. The average Bonchev–Trinajstić information content (AvgIpc) is 2.61. The van der Waals surface area contributed by atoms with E-state index in [9.17, 15) is 9.18 Å². The molecule has 88 valence electrons. The lowest BCUT2D eigenvalue weighted by Crippen LogP contribution is -2.01. The summed E-state index contributed by atoms with van der Waals surface area (Å²) in [6.45, 7) is 1.64. The molecule has 5 heteroatoms. The van der Waals surface area contributed by atoms with Gasteiger partial charge in [-0.1, -0.05) is 35.3 Å². The number of rotatable bonds is 2. The SMILES string of the molecule is Cc1ccc(C(=O)c2cc(Cl)sc2Cl)cc1F. The van der Waals surface area contributed by atoms with Gasteiger partial charge in [0.1, 0.15) is 10.2 Å². The second kappa shape index (κ2) is 4.77. The summed E-state index contributed by atoms with van der Waals surface area (Å²) < 4.78 is 14.1. The highest BCUT2D eigenvalue weighted by atomic mass is 35.5. The maximum absolute atomic E-state index is 13.4. The molecule has 0 aliphatic rings. The van der Waals surface area contributed by atoms with Gasteiger partial charge in [0, 0.05) is 5.56 Å². The van der Waals surface area contributed by atoms with Crippen molar-refractivity contribution in [1.82, 2.24) is 0 Å². The molecular weight excluding hydrogens is 282 g/mol. The third-order valence-corrected chi connectivity index (χ3v) is 3.82. The molecule has 0 atom stereocenters. The fourth-order valence-electron chi connectivity index (χ4n) is 1.38. The summed E-state index contributed by atoms with van der Waals surface area (Å²) in [5, 5.41) is 0. The van der Waals surface area contributed by atoms with E-state index >= 15 is 0 Å². The summed E-state index contributed by atoms with van der Waals surface area (Å²) in [4.78, 5) is 12.0. The first kappa shape index (κ1) is 12.6. The average molecular weight is 289 g/mol. The Bertz CT molecular complexity index is 592. The van der Waals surface area contributed by atoms with Gasteiger partial charge in [0.25, 0.3) is 0 Å². The van der Waals surface area contributed by atoms with E-state index in [0.717, 1.165) is 11.3 Å². The molecule has 2 rings (SSSR count). The van der Waals surface area contributed by atoms with Crippen molar-refractivity contribution in [1.29, 1.82) is 0 Å². The number of hydrogen-bond acceptors (Lipinski definition) is 2. The summed E-state index contributed by atoms with van der Waals surface area (Å²) in [6.07, 6.45) is 0. The molecular formula is C12H7Cl2FOS. The van der Waals surface area contributed by atoms with Gasteiger partial charge < -0.3 is 0 Å². The molecule has 0 unspecified atom stereocenters. The second-order valence-electron chi connectivity index (χ2n) is 3.53. The summed E-state index contributed by atoms with van der Waals surface area (Å²) in [5.41, 5.74) is 1.07. The lowest BCUT2D eigenvalue weighted by atomic mass is 10.0. The molecule has 1 aromatic heterocycles. The largest absolute Gasteiger partial charge is 0.289 e. The molecule has 0 saturated carbocycles.